The second-order valence-electron chi connectivity index (χ2n) is 7.40. The van der Waals surface area contributed by atoms with E-state index in [1.54, 1.807) is 13.2 Å². The number of carbonyl (C=O) groups excluding carboxylic acids is 3. The summed E-state index contributed by atoms with van der Waals surface area (Å²) in [6, 6.07) is 6.37. The quantitative estimate of drug-likeness (QED) is 0.406. The number of benzene rings is 1. The van der Waals surface area contributed by atoms with Crippen LogP contribution in [0.15, 0.2) is 24.3 Å². The number of anilines is 1. The standard InChI is InChI=1S/C21H31N3O6/c1-15(2)14-30-20(26)12-18-21(27)22-7-8-24(18)19(25)13-23-16-5-4-6-17(11-16)29-10-9-28-3/h4-6,11,15,18,23H,7-10,12-14H2,1-3H3,(H,22,27). The first kappa shape index (κ1) is 23.5. The van der Waals surface area contributed by atoms with Crippen molar-refractivity contribution in [1.29, 1.82) is 0 Å². The molecule has 1 aromatic carbocycles. The molecule has 2 rings (SSSR count). The van der Waals surface area contributed by atoms with Crippen molar-refractivity contribution >= 4 is 23.5 Å². The van der Waals surface area contributed by atoms with Crippen LogP contribution in [0.5, 0.6) is 5.75 Å². The van der Waals surface area contributed by atoms with Gasteiger partial charge in [0, 0.05) is 32.0 Å². The molecule has 1 unspecified atom stereocenters. The van der Waals surface area contributed by atoms with E-state index in [4.69, 9.17) is 14.2 Å². The maximum atomic E-state index is 12.8. The van der Waals surface area contributed by atoms with Gasteiger partial charge < -0.3 is 29.7 Å². The van der Waals surface area contributed by atoms with Crippen LogP contribution in [0.2, 0.25) is 0 Å². The predicted molar refractivity (Wildman–Crippen MR) is 111 cm³/mol. The average Bonchev–Trinajstić information content (AvgIpc) is 2.72. The van der Waals surface area contributed by atoms with Crippen molar-refractivity contribution in [2.75, 3.05) is 51.9 Å². The molecule has 166 valence electrons. The summed E-state index contributed by atoms with van der Waals surface area (Å²) in [7, 11) is 1.60. The Labute approximate surface area is 177 Å². The van der Waals surface area contributed by atoms with Crippen molar-refractivity contribution < 1.29 is 28.6 Å². The third-order valence-corrected chi connectivity index (χ3v) is 4.42. The van der Waals surface area contributed by atoms with Crippen LogP contribution in [-0.4, -0.2) is 75.3 Å². The molecule has 0 aliphatic carbocycles. The number of hydrogen-bond donors (Lipinski definition) is 2. The SMILES string of the molecule is COCCOc1cccc(NCC(=O)N2CCNC(=O)C2CC(=O)OCC(C)C)c1. The normalized spacial score (nSPS) is 16.2. The molecule has 1 saturated heterocycles. The van der Waals surface area contributed by atoms with E-state index in [1.807, 2.05) is 32.0 Å². The lowest BCUT2D eigenvalue weighted by atomic mass is 10.1. The topological polar surface area (TPSA) is 106 Å². The zero-order valence-corrected chi connectivity index (χ0v) is 17.8. The predicted octanol–water partition coefficient (Wildman–Crippen LogP) is 1.04. The second-order valence-corrected chi connectivity index (χ2v) is 7.40. The van der Waals surface area contributed by atoms with Gasteiger partial charge >= 0.3 is 5.97 Å². The van der Waals surface area contributed by atoms with Gasteiger partial charge in [0.2, 0.25) is 11.8 Å². The summed E-state index contributed by atoms with van der Waals surface area (Å²) < 4.78 is 15.7. The van der Waals surface area contributed by atoms with Crippen molar-refractivity contribution in [1.82, 2.24) is 10.2 Å². The fraction of sp³-hybridized carbons (Fsp3) is 0.571. The molecule has 1 aromatic rings. The molecular weight excluding hydrogens is 390 g/mol. The highest BCUT2D eigenvalue weighted by molar-refractivity contribution is 5.93. The molecule has 1 aliphatic heterocycles. The van der Waals surface area contributed by atoms with Gasteiger partial charge in [-0.1, -0.05) is 19.9 Å². The fourth-order valence-electron chi connectivity index (χ4n) is 2.91. The van der Waals surface area contributed by atoms with Gasteiger partial charge in [0.05, 0.1) is 26.2 Å². The summed E-state index contributed by atoms with van der Waals surface area (Å²) in [5.41, 5.74) is 0.715. The van der Waals surface area contributed by atoms with Gasteiger partial charge in [-0.25, -0.2) is 0 Å². The largest absolute Gasteiger partial charge is 0.491 e. The van der Waals surface area contributed by atoms with Crippen LogP contribution in [0, 0.1) is 5.92 Å². The minimum absolute atomic E-state index is 0.00759. The number of amides is 2. The number of piperazine rings is 1. The van der Waals surface area contributed by atoms with Crippen molar-refractivity contribution in [3.05, 3.63) is 24.3 Å². The van der Waals surface area contributed by atoms with E-state index >= 15 is 0 Å². The lowest BCUT2D eigenvalue weighted by Crippen LogP contribution is -2.58. The molecule has 0 saturated carbocycles. The molecule has 30 heavy (non-hydrogen) atoms. The van der Waals surface area contributed by atoms with Gasteiger partial charge in [0.1, 0.15) is 18.4 Å². The molecule has 1 atom stereocenters. The third-order valence-electron chi connectivity index (χ3n) is 4.42. The first-order valence-corrected chi connectivity index (χ1v) is 10.1. The highest BCUT2D eigenvalue weighted by Gasteiger charge is 2.35. The minimum Gasteiger partial charge on any atom is -0.491 e. The van der Waals surface area contributed by atoms with Crippen LogP contribution >= 0.6 is 0 Å². The molecule has 2 amide bonds. The average molecular weight is 421 g/mol. The first-order valence-electron chi connectivity index (χ1n) is 10.1. The number of nitrogens with one attached hydrogen (secondary N) is 2. The number of methoxy groups -OCH3 is 1. The number of carbonyl (C=O) groups is 3. The Balaban J connectivity index is 1.92. The molecular formula is C21H31N3O6. The number of ether oxygens (including phenoxy) is 3. The third kappa shape index (κ3) is 7.55. The lowest BCUT2D eigenvalue weighted by Gasteiger charge is -2.34. The van der Waals surface area contributed by atoms with E-state index in [0.717, 1.165) is 0 Å². The number of rotatable bonds is 11. The van der Waals surface area contributed by atoms with Crippen LogP contribution in [0.1, 0.15) is 20.3 Å². The van der Waals surface area contributed by atoms with E-state index in [2.05, 4.69) is 10.6 Å². The Morgan fingerprint density at radius 1 is 1.30 bits per heavy atom. The minimum atomic E-state index is -0.864. The molecule has 9 nitrogen and oxygen atoms in total. The summed E-state index contributed by atoms with van der Waals surface area (Å²) in [6.45, 7) is 5.74. The smallest absolute Gasteiger partial charge is 0.308 e. The van der Waals surface area contributed by atoms with Crippen molar-refractivity contribution in [2.45, 2.75) is 26.3 Å². The fourth-order valence-corrected chi connectivity index (χ4v) is 2.91. The summed E-state index contributed by atoms with van der Waals surface area (Å²) >= 11 is 0. The maximum Gasteiger partial charge on any atom is 0.308 e. The van der Waals surface area contributed by atoms with E-state index in [0.29, 0.717) is 37.7 Å². The molecule has 0 spiro atoms. The van der Waals surface area contributed by atoms with Crippen LogP contribution in [0.3, 0.4) is 0 Å². The molecule has 9 heteroatoms. The molecule has 0 radical (unpaired) electrons. The van der Waals surface area contributed by atoms with Crippen LogP contribution in [-0.2, 0) is 23.9 Å². The summed E-state index contributed by atoms with van der Waals surface area (Å²) in [6.07, 6.45) is -0.160. The van der Waals surface area contributed by atoms with Gasteiger partial charge in [-0.15, -0.1) is 0 Å². The number of hydrogen-bond acceptors (Lipinski definition) is 7. The zero-order chi connectivity index (χ0) is 21.9. The van der Waals surface area contributed by atoms with Gasteiger partial charge in [0.25, 0.3) is 0 Å². The van der Waals surface area contributed by atoms with Crippen LogP contribution < -0.4 is 15.4 Å². The molecule has 1 fully saturated rings. The van der Waals surface area contributed by atoms with Gasteiger partial charge in [0.15, 0.2) is 0 Å². The zero-order valence-electron chi connectivity index (χ0n) is 17.8. The molecule has 0 aromatic heterocycles. The van der Waals surface area contributed by atoms with Crippen molar-refractivity contribution in [2.24, 2.45) is 5.92 Å². The van der Waals surface area contributed by atoms with Gasteiger partial charge in [-0.05, 0) is 18.1 Å². The Hall–Kier alpha value is -2.81. The van der Waals surface area contributed by atoms with E-state index in [1.165, 1.54) is 4.90 Å². The summed E-state index contributed by atoms with van der Waals surface area (Å²) in [4.78, 5) is 38.5. The first-order chi connectivity index (χ1) is 14.4. The maximum absolute atomic E-state index is 12.8. The summed E-state index contributed by atoms with van der Waals surface area (Å²) in [5.74, 6) is -0.239. The Kier molecular flexibility index (Phi) is 9.40. The highest BCUT2D eigenvalue weighted by Crippen LogP contribution is 2.18. The number of esters is 1. The highest BCUT2D eigenvalue weighted by atomic mass is 16.5. The van der Waals surface area contributed by atoms with Crippen LogP contribution in [0.25, 0.3) is 0 Å². The van der Waals surface area contributed by atoms with Crippen molar-refractivity contribution in [3.63, 3.8) is 0 Å². The molecule has 1 aliphatic rings. The van der Waals surface area contributed by atoms with Crippen LogP contribution in [0.4, 0.5) is 5.69 Å². The molecule has 2 N–H and O–H groups in total. The second kappa shape index (κ2) is 12.0. The van der Waals surface area contributed by atoms with Crippen molar-refractivity contribution in [3.8, 4) is 5.75 Å². The molecule has 1 heterocycles. The Morgan fingerprint density at radius 3 is 2.83 bits per heavy atom. The summed E-state index contributed by atoms with van der Waals surface area (Å²) in [5, 5.41) is 5.76. The molecule has 0 bridgehead atoms. The number of nitrogens with zero attached hydrogens (tertiary/aromatic N) is 1. The Bertz CT molecular complexity index is 724. The van der Waals surface area contributed by atoms with E-state index < -0.39 is 12.0 Å². The Morgan fingerprint density at radius 2 is 2.10 bits per heavy atom. The lowest BCUT2D eigenvalue weighted by molar-refractivity contribution is -0.152. The van der Waals surface area contributed by atoms with Gasteiger partial charge in [-0.3, -0.25) is 14.4 Å². The van der Waals surface area contributed by atoms with E-state index in [-0.39, 0.29) is 37.3 Å². The van der Waals surface area contributed by atoms with E-state index in [9.17, 15) is 14.4 Å². The monoisotopic (exact) mass is 421 g/mol. The van der Waals surface area contributed by atoms with Gasteiger partial charge in [-0.2, -0.15) is 0 Å².